The van der Waals surface area contributed by atoms with Crippen molar-refractivity contribution in [2.45, 2.75) is 85.3 Å². The van der Waals surface area contributed by atoms with Gasteiger partial charge in [-0.05, 0) is 57.7 Å². The van der Waals surface area contributed by atoms with Crippen LogP contribution in [0.25, 0.3) is 0 Å². The van der Waals surface area contributed by atoms with Crippen LogP contribution in [-0.4, -0.2) is 40.4 Å². The van der Waals surface area contributed by atoms with E-state index >= 15 is 0 Å². The first kappa shape index (κ1) is 20.0. The lowest BCUT2D eigenvalue weighted by atomic mass is 10.2. The molecule has 0 atom stereocenters. The maximum Gasteiger partial charge on any atom is 0.209 e. The predicted octanol–water partition coefficient (Wildman–Crippen LogP) is 4.47. The third-order valence-electron chi connectivity index (χ3n) is 5.99. The molecule has 0 spiro atoms. The second-order valence-electron chi connectivity index (χ2n) is 8.09. The molecule has 10 heteroatoms. The SMILES string of the molecule is c1cc(CSc2nnnn2C2CCCC2)cc(CSc2nnnn2C2CCCC2)c1. The van der Waals surface area contributed by atoms with Gasteiger partial charge < -0.3 is 0 Å². The van der Waals surface area contributed by atoms with Crippen LogP contribution >= 0.6 is 23.5 Å². The number of hydrogen-bond donors (Lipinski definition) is 0. The zero-order chi connectivity index (χ0) is 20.2. The van der Waals surface area contributed by atoms with Crippen molar-refractivity contribution < 1.29 is 0 Å². The lowest BCUT2D eigenvalue weighted by Gasteiger charge is -2.11. The molecule has 8 nitrogen and oxygen atoms in total. The van der Waals surface area contributed by atoms with Crippen LogP contribution in [-0.2, 0) is 11.5 Å². The quantitative estimate of drug-likeness (QED) is 0.472. The highest BCUT2D eigenvalue weighted by Crippen LogP contribution is 2.33. The fourth-order valence-electron chi connectivity index (χ4n) is 4.42. The number of aromatic nitrogens is 8. The third-order valence-corrected chi connectivity index (χ3v) is 8.00. The molecule has 0 saturated heterocycles. The largest absolute Gasteiger partial charge is 0.217 e. The first-order chi connectivity index (χ1) is 14.9. The van der Waals surface area contributed by atoms with Crippen molar-refractivity contribution in [1.29, 1.82) is 0 Å². The fraction of sp³-hybridized carbons (Fsp3) is 0.600. The standard InChI is InChI=1S/C20H26N8S2/c1-2-9-17(8-1)27-19(21-23-25-27)29-13-15-6-5-7-16(12-15)14-30-20-22-24-26-28(20)18-10-3-4-11-18/h5-7,12,17-18H,1-4,8-11,13-14H2. The van der Waals surface area contributed by atoms with E-state index in [0.717, 1.165) is 21.8 Å². The van der Waals surface area contributed by atoms with Crippen molar-refractivity contribution in [3.63, 3.8) is 0 Å². The molecule has 30 heavy (non-hydrogen) atoms. The number of nitrogens with zero attached hydrogens (tertiary/aromatic N) is 8. The van der Waals surface area contributed by atoms with Gasteiger partial charge in [0.1, 0.15) is 0 Å². The highest BCUT2D eigenvalue weighted by molar-refractivity contribution is 7.98. The van der Waals surface area contributed by atoms with Gasteiger partial charge in [-0.3, -0.25) is 0 Å². The minimum absolute atomic E-state index is 0.469. The van der Waals surface area contributed by atoms with E-state index in [4.69, 9.17) is 0 Å². The molecule has 158 valence electrons. The Bertz CT molecular complexity index is 886. The van der Waals surface area contributed by atoms with Gasteiger partial charge in [0.25, 0.3) is 0 Å². The molecule has 0 amide bonds. The minimum Gasteiger partial charge on any atom is -0.217 e. The molecule has 2 aliphatic carbocycles. The monoisotopic (exact) mass is 442 g/mol. The zero-order valence-electron chi connectivity index (χ0n) is 16.9. The average molecular weight is 443 g/mol. The van der Waals surface area contributed by atoms with Crippen LogP contribution in [0.15, 0.2) is 34.6 Å². The average Bonchev–Trinajstić information content (AvgIpc) is 3.57. The maximum absolute atomic E-state index is 4.25. The van der Waals surface area contributed by atoms with Crippen molar-refractivity contribution in [2.24, 2.45) is 0 Å². The Morgan fingerprint density at radius 3 is 1.67 bits per heavy atom. The third kappa shape index (κ3) is 4.54. The van der Waals surface area contributed by atoms with Crippen LogP contribution in [0.5, 0.6) is 0 Å². The van der Waals surface area contributed by atoms with Gasteiger partial charge in [0, 0.05) is 11.5 Å². The van der Waals surface area contributed by atoms with E-state index in [2.05, 4.69) is 55.3 Å². The van der Waals surface area contributed by atoms with E-state index in [9.17, 15) is 0 Å². The zero-order valence-corrected chi connectivity index (χ0v) is 18.6. The Hall–Kier alpha value is -1.94. The number of thioether (sulfide) groups is 2. The van der Waals surface area contributed by atoms with E-state index in [1.165, 1.54) is 62.5 Å². The lowest BCUT2D eigenvalue weighted by molar-refractivity contribution is 0.423. The molecule has 5 rings (SSSR count). The van der Waals surface area contributed by atoms with Crippen LogP contribution in [0.1, 0.15) is 74.6 Å². The van der Waals surface area contributed by atoms with Gasteiger partial charge in [0.2, 0.25) is 10.3 Å². The fourth-order valence-corrected chi connectivity index (χ4v) is 6.20. The summed E-state index contributed by atoms with van der Waals surface area (Å²) in [6, 6.07) is 9.69. The van der Waals surface area contributed by atoms with Gasteiger partial charge in [-0.1, -0.05) is 73.5 Å². The van der Waals surface area contributed by atoms with E-state index in [0.29, 0.717) is 12.1 Å². The number of tetrazole rings is 2. The van der Waals surface area contributed by atoms with E-state index in [-0.39, 0.29) is 0 Å². The second-order valence-corrected chi connectivity index (χ2v) is 9.97. The molecule has 0 unspecified atom stereocenters. The molecule has 2 aliphatic rings. The van der Waals surface area contributed by atoms with E-state index in [1.54, 1.807) is 23.5 Å². The van der Waals surface area contributed by atoms with E-state index in [1.807, 2.05) is 9.36 Å². The molecule has 2 heterocycles. The molecular weight excluding hydrogens is 416 g/mol. The van der Waals surface area contributed by atoms with Crippen molar-refractivity contribution in [3.05, 3.63) is 35.4 Å². The Morgan fingerprint density at radius 2 is 1.20 bits per heavy atom. The molecule has 3 aromatic rings. The number of hydrogen-bond acceptors (Lipinski definition) is 8. The molecule has 0 radical (unpaired) electrons. The summed E-state index contributed by atoms with van der Waals surface area (Å²) in [5.41, 5.74) is 2.57. The molecule has 0 bridgehead atoms. The van der Waals surface area contributed by atoms with Gasteiger partial charge in [0.15, 0.2) is 0 Å². The van der Waals surface area contributed by atoms with Crippen molar-refractivity contribution in [1.82, 2.24) is 40.4 Å². The topological polar surface area (TPSA) is 87.2 Å². The molecule has 0 N–H and O–H groups in total. The lowest BCUT2D eigenvalue weighted by Crippen LogP contribution is -2.08. The first-order valence-electron chi connectivity index (χ1n) is 10.8. The Morgan fingerprint density at radius 1 is 0.733 bits per heavy atom. The van der Waals surface area contributed by atoms with Gasteiger partial charge in [-0.2, -0.15) is 0 Å². The second kappa shape index (κ2) is 9.47. The molecule has 0 aliphatic heterocycles. The Kier molecular flexibility index (Phi) is 6.31. The maximum atomic E-state index is 4.25. The predicted molar refractivity (Wildman–Crippen MR) is 116 cm³/mol. The summed E-state index contributed by atoms with van der Waals surface area (Å²) in [6.07, 6.45) is 9.85. The van der Waals surface area contributed by atoms with Crippen LogP contribution in [0.3, 0.4) is 0 Å². The number of rotatable bonds is 8. The Labute approximate surface area is 184 Å². The van der Waals surface area contributed by atoms with Gasteiger partial charge >= 0.3 is 0 Å². The Balaban J connectivity index is 1.19. The highest BCUT2D eigenvalue weighted by atomic mass is 32.2. The van der Waals surface area contributed by atoms with Crippen molar-refractivity contribution >= 4 is 23.5 Å². The van der Waals surface area contributed by atoms with Crippen LogP contribution in [0, 0.1) is 0 Å². The first-order valence-corrected chi connectivity index (χ1v) is 12.7. The summed E-state index contributed by atoms with van der Waals surface area (Å²) in [4.78, 5) is 0. The molecule has 2 aromatic heterocycles. The minimum atomic E-state index is 0.469. The summed E-state index contributed by atoms with van der Waals surface area (Å²) in [6.45, 7) is 0. The highest BCUT2D eigenvalue weighted by Gasteiger charge is 2.22. The summed E-state index contributed by atoms with van der Waals surface area (Å²) < 4.78 is 4.06. The van der Waals surface area contributed by atoms with Crippen LogP contribution < -0.4 is 0 Å². The van der Waals surface area contributed by atoms with Crippen molar-refractivity contribution in [2.75, 3.05) is 0 Å². The van der Waals surface area contributed by atoms with Crippen LogP contribution in [0.4, 0.5) is 0 Å². The molecule has 1 aromatic carbocycles. The van der Waals surface area contributed by atoms with Gasteiger partial charge in [0.05, 0.1) is 12.1 Å². The molecule has 2 fully saturated rings. The van der Waals surface area contributed by atoms with Gasteiger partial charge in [-0.25, -0.2) is 9.36 Å². The van der Waals surface area contributed by atoms with Gasteiger partial charge in [-0.15, -0.1) is 10.2 Å². The van der Waals surface area contributed by atoms with Crippen LogP contribution in [0.2, 0.25) is 0 Å². The molecular formula is C20H26N8S2. The molecule has 2 saturated carbocycles. The number of benzene rings is 1. The smallest absolute Gasteiger partial charge is 0.209 e. The summed E-state index contributed by atoms with van der Waals surface area (Å²) in [5.74, 6) is 1.73. The summed E-state index contributed by atoms with van der Waals surface area (Å²) >= 11 is 3.44. The van der Waals surface area contributed by atoms with Crippen molar-refractivity contribution in [3.8, 4) is 0 Å². The summed E-state index contributed by atoms with van der Waals surface area (Å²) in [5, 5.41) is 26.7. The summed E-state index contributed by atoms with van der Waals surface area (Å²) in [7, 11) is 0. The normalized spacial score (nSPS) is 17.9. The van der Waals surface area contributed by atoms with E-state index < -0.39 is 0 Å².